The van der Waals surface area contributed by atoms with Crippen molar-refractivity contribution in [3.05, 3.63) is 259 Å². The number of carbonyl (C=O) groups is 2. The first-order valence-electron chi connectivity index (χ1n) is 23.2. The van der Waals surface area contributed by atoms with Crippen molar-refractivity contribution in [1.82, 2.24) is 0 Å². The lowest BCUT2D eigenvalue weighted by Gasteiger charge is -2.27. The predicted molar refractivity (Wildman–Crippen MR) is 284 cm³/mol. The van der Waals surface area contributed by atoms with E-state index in [4.69, 9.17) is 0 Å². The van der Waals surface area contributed by atoms with Gasteiger partial charge in [0.2, 0.25) is 19.7 Å². The molecule has 0 N–H and O–H groups in total. The molecular formula is C62H62O6S2. The monoisotopic (exact) mass is 966 g/mol. The molecule has 0 spiro atoms. The summed E-state index contributed by atoms with van der Waals surface area (Å²) in [6.45, 7) is 22.7. The molecule has 0 bridgehead atoms. The summed E-state index contributed by atoms with van der Waals surface area (Å²) in [5.74, 6) is -0.0670. The first-order chi connectivity index (χ1) is 33.0. The van der Waals surface area contributed by atoms with E-state index in [2.05, 4.69) is 77.1 Å². The molecule has 8 heteroatoms. The van der Waals surface area contributed by atoms with Crippen LogP contribution in [0.4, 0.5) is 0 Å². The summed E-state index contributed by atoms with van der Waals surface area (Å²) in [7, 11) is -7.40. The highest BCUT2D eigenvalue weighted by Crippen LogP contribution is 2.33. The van der Waals surface area contributed by atoms with Crippen LogP contribution in [0.1, 0.15) is 107 Å². The molecule has 8 aromatic carbocycles. The molecule has 358 valence electrons. The van der Waals surface area contributed by atoms with Crippen molar-refractivity contribution in [3.8, 4) is 0 Å². The number of ketones is 2. The molecule has 0 fully saturated rings. The van der Waals surface area contributed by atoms with Gasteiger partial charge in [0.25, 0.3) is 0 Å². The van der Waals surface area contributed by atoms with Crippen molar-refractivity contribution >= 4 is 31.2 Å². The molecule has 0 aliphatic rings. The Morgan fingerprint density at radius 1 is 0.300 bits per heavy atom. The molecule has 70 heavy (non-hydrogen) atoms. The fourth-order valence-corrected chi connectivity index (χ4v) is 10.2. The Hall–Kier alpha value is -7.00. The summed E-state index contributed by atoms with van der Waals surface area (Å²) >= 11 is 0. The SMILES string of the molecule is Cc1ccc(C(=O)c2ccc(C(=O)c3ccc(C)c(C)c3)cc2)cc1.Cc1ccc(C(C)(C)c2ccc(C)c(C)c2)cc1.Cc1ccc(S(=O)(=O)c2ccc(S(=O)(=O)c3ccc(C)c(C)c3)cc2)cc1. The van der Waals surface area contributed by atoms with Gasteiger partial charge in [-0.15, -0.1) is 0 Å². The maximum absolute atomic E-state index is 12.8. The van der Waals surface area contributed by atoms with E-state index in [1.807, 2.05) is 84.0 Å². The second kappa shape index (κ2) is 21.7. The minimum Gasteiger partial charge on any atom is -0.289 e. The largest absolute Gasteiger partial charge is 0.289 e. The third-order valence-electron chi connectivity index (χ3n) is 13.1. The Kier molecular flexibility index (Phi) is 16.3. The highest BCUT2D eigenvalue weighted by Gasteiger charge is 2.24. The zero-order valence-corrected chi connectivity index (χ0v) is 43.6. The number of carbonyl (C=O) groups excluding carboxylic acids is 2. The topological polar surface area (TPSA) is 102 Å². The number of benzene rings is 8. The number of sulfone groups is 2. The van der Waals surface area contributed by atoms with E-state index in [-0.39, 0.29) is 36.6 Å². The van der Waals surface area contributed by atoms with Crippen LogP contribution in [0, 0.1) is 62.3 Å². The van der Waals surface area contributed by atoms with Crippen molar-refractivity contribution in [2.24, 2.45) is 0 Å². The van der Waals surface area contributed by atoms with Crippen LogP contribution >= 0.6 is 0 Å². The van der Waals surface area contributed by atoms with Gasteiger partial charge in [-0.3, -0.25) is 9.59 Å². The number of hydrogen-bond donors (Lipinski definition) is 0. The Morgan fingerprint density at radius 3 is 1.01 bits per heavy atom. The highest BCUT2D eigenvalue weighted by molar-refractivity contribution is 7.92. The lowest BCUT2D eigenvalue weighted by atomic mass is 9.77. The van der Waals surface area contributed by atoms with Gasteiger partial charge < -0.3 is 0 Å². The third kappa shape index (κ3) is 12.2. The smallest absolute Gasteiger partial charge is 0.206 e. The second-order valence-electron chi connectivity index (χ2n) is 18.7. The molecule has 0 aliphatic carbocycles. The standard InChI is InChI=1S/C23H20O2.C21H20O4S2.C18H22/c1-15-4-7-18(8-5-15)22(24)19-10-12-20(13-11-19)23(25)21-9-6-16(2)17(3)14-21;1-15-4-7-18(8-5-15)26(22,23)19-10-12-20(13-11-19)27(24,25)21-9-6-16(2)17(3)14-21;1-13-6-9-16(10-7-13)18(4,5)17-11-8-14(2)15(3)12-17/h4-14H,1-3H3;4-14H,1-3H3;6-12H,1-5H3. The molecule has 0 unspecified atom stereocenters. The molecular weight excluding hydrogens is 905 g/mol. The van der Waals surface area contributed by atoms with Crippen LogP contribution in [0.5, 0.6) is 0 Å². The zero-order valence-electron chi connectivity index (χ0n) is 42.0. The molecule has 8 rings (SSSR count). The summed E-state index contributed by atoms with van der Waals surface area (Å²) in [5.41, 5.74) is 15.6. The Balaban J connectivity index is 0.000000176. The van der Waals surface area contributed by atoms with Gasteiger partial charge in [-0.25, -0.2) is 16.8 Å². The molecule has 0 saturated carbocycles. The van der Waals surface area contributed by atoms with Gasteiger partial charge in [0.05, 0.1) is 19.6 Å². The minimum absolute atomic E-state index is 0.0302. The highest BCUT2D eigenvalue weighted by atomic mass is 32.2. The maximum Gasteiger partial charge on any atom is 0.206 e. The van der Waals surface area contributed by atoms with Crippen molar-refractivity contribution in [1.29, 1.82) is 0 Å². The average molecular weight is 967 g/mol. The molecule has 0 radical (unpaired) electrons. The van der Waals surface area contributed by atoms with Crippen LogP contribution in [-0.4, -0.2) is 28.4 Å². The van der Waals surface area contributed by atoms with Crippen LogP contribution in [-0.2, 0) is 25.1 Å². The Bertz CT molecular complexity index is 3390. The molecule has 8 aromatic rings. The van der Waals surface area contributed by atoms with Gasteiger partial charge in [-0.2, -0.15) is 0 Å². The van der Waals surface area contributed by atoms with Gasteiger partial charge in [-0.1, -0.05) is 152 Å². The van der Waals surface area contributed by atoms with E-state index >= 15 is 0 Å². The Morgan fingerprint density at radius 2 is 0.586 bits per heavy atom. The van der Waals surface area contributed by atoms with E-state index in [0.29, 0.717) is 22.3 Å². The van der Waals surface area contributed by atoms with E-state index in [1.54, 1.807) is 66.7 Å². The van der Waals surface area contributed by atoms with Crippen molar-refractivity contribution < 1.29 is 26.4 Å². The van der Waals surface area contributed by atoms with Crippen molar-refractivity contribution in [2.75, 3.05) is 0 Å². The Labute approximate surface area is 416 Å². The van der Waals surface area contributed by atoms with E-state index in [9.17, 15) is 26.4 Å². The van der Waals surface area contributed by atoms with Gasteiger partial charge in [0.15, 0.2) is 11.6 Å². The molecule has 0 atom stereocenters. The number of rotatable bonds is 10. The normalized spacial score (nSPS) is 11.4. The molecule has 0 aliphatic heterocycles. The summed E-state index contributed by atoms with van der Waals surface area (Å²) in [4.78, 5) is 25.6. The first kappa shape index (κ1) is 52.4. The van der Waals surface area contributed by atoms with Gasteiger partial charge in [0.1, 0.15) is 0 Å². The minimum atomic E-state index is -3.71. The lowest BCUT2D eigenvalue weighted by Crippen LogP contribution is -2.19. The fourth-order valence-electron chi connectivity index (χ4n) is 7.63. The summed E-state index contributed by atoms with van der Waals surface area (Å²) in [5, 5.41) is 0. The molecule has 0 heterocycles. The molecule has 6 nitrogen and oxygen atoms in total. The van der Waals surface area contributed by atoms with Crippen LogP contribution in [0.15, 0.2) is 196 Å². The van der Waals surface area contributed by atoms with Crippen LogP contribution < -0.4 is 0 Å². The van der Waals surface area contributed by atoms with Gasteiger partial charge in [0, 0.05) is 27.7 Å². The molecule has 0 saturated heterocycles. The summed E-state index contributed by atoms with van der Waals surface area (Å²) < 4.78 is 51.1. The van der Waals surface area contributed by atoms with E-state index < -0.39 is 19.7 Å². The van der Waals surface area contributed by atoms with Crippen LogP contribution in [0.3, 0.4) is 0 Å². The third-order valence-corrected chi connectivity index (χ3v) is 16.6. The van der Waals surface area contributed by atoms with E-state index in [0.717, 1.165) is 33.4 Å². The number of hydrogen-bond acceptors (Lipinski definition) is 6. The predicted octanol–water partition coefficient (Wildman–Crippen LogP) is 14.3. The van der Waals surface area contributed by atoms with Gasteiger partial charge >= 0.3 is 0 Å². The quantitative estimate of drug-likeness (QED) is 0.127. The van der Waals surface area contributed by atoms with Crippen LogP contribution in [0.2, 0.25) is 0 Å². The first-order valence-corrected chi connectivity index (χ1v) is 26.2. The van der Waals surface area contributed by atoms with Crippen LogP contribution in [0.25, 0.3) is 0 Å². The van der Waals surface area contributed by atoms with Crippen molar-refractivity contribution in [3.63, 3.8) is 0 Å². The molecule has 0 aromatic heterocycles. The fraction of sp³-hybridized carbons (Fsp3) is 0.194. The molecule has 0 amide bonds. The lowest BCUT2D eigenvalue weighted by molar-refractivity contribution is 0.102. The number of aryl methyl sites for hydroxylation is 9. The average Bonchev–Trinajstić information content (AvgIpc) is 3.34. The zero-order chi connectivity index (χ0) is 51.1. The van der Waals surface area contributed by atoms with Crippen molar-refractivity contribution in [2.45, 2.75) is 101 Å². The van der Waals surface area contributed by atoms with Gasteiger partial charge in [-0.05, 0) is 161 Å². The summed E-state index contributed by atoms with van der Waals surface area (Å²) in [6, 6.07) is 52.6. The maximum atomic E-state index is 12.8. The van der Waals surface area contributed by atoms with E-state index in [1.165, 1.54) is 52.1 Å². The second-order valence-corrected chi connectivity index (χ2v) is 22.6. The summed E-state index contributed by atoms with van der Waals surface area (Å²) in [6.07, 6.45) is 0.